The van der Waals surface area contributed by atoms with Gasteiger partial charge >= 0.3 is 5.97 Å². The summed E-state index contributed by atoms with van der Waals surface area (Å²) in [6.45, 7) is 0. The molecule has 0 aliphatic heterocycles. The van der Waals surface area contributed by atoms with Crippen LogP contribution in [0.3, 0.4) is 0 Å². The molecule has 3 nitrogen and oxygen atoms in total. The molecule has 0 saturated heterocycles. The first-order chi connectivity index (χ1) is 5.72. The third-order valence-corrected chi connectivity index (χ3v) is 1.34. The fourth-order valence-corrected chi connectivity index (χ4v) is 0.878. The quantitative estimate of drug-likeness (QED) is 0.749. The Hall–Kier alpha value is -1.58. The van der Waals surface area contributed by atoms with Crippen molar-refractivity contribution in [2.45, 2.75) is 6.42 Å². The van der Waals surface area contributed by atoms with Gasteiger partial charge in [0, 0.05) is 4.53 Å². The normalized spacial score (nSPS) is 9.42. The highest BCUT2D eigenvalue weighted by Crippen LogP contribution is 2.13. The summed E-state index contributed by atoms with van der Waals surface area (Å²) in [7, 11) is 0. The van der Waals surface area contributed by atoms with Gasteiger partial charge in [-0.1, -0.05) is 12.1 Å². The van der Waals surface area contributed by atoms with Gasteiger partial charge in [0.1, 0.15) is 0 Å². The van der Waals surface area contributed by atoms with Crippen molar-refractivity contribution in [1.82, 2.24) is 0 Å². The molecule has 0 unspecified atom stereocenters. The van der Waals surface area contributed by atoms with Crippen molar-refractivity contribution in [2.24, 2.45) is 0 Å². The SMILES string of the molecule is O=C(O)Cc1cccc(OF)c1. The Balaban J connectivity index is 2.79. The highest BCUT2D eigenvalue weighted by Gasteiger charge is 2.01. The molecule has 0 bridgehead atoms. The molecule has 12 heavy (non-hydrogen) atoms. The minimum Gasteiger partial charge on any atom is -0.481 e. The molecule has 0 aromatic heterocycles. The van der Waals surface area contributed by atoms with Gasteiger partial charge in [-0.15, -0.1) is 0 Å². The summed E-state index contributed by atoms with van der Waals surface area (Å²) in [5.41, 5.74) is 0.512. The maximum atomic E-state index is 11.6. The molecule has 1 N–H and O–H groups in total. The van der Waals surface area contributed by atoms with Gasteiger partial charge in [-0.3, -0.25) is 9.74 Å². The van der Waals surface area contributed by atoms with Gasteiger partial charge in [-0.25, -0.2) is 0 Å². The Kier molecular flexibility index (Phi) is 2.63. The fraction of sp³-hybridized carbons (Fsp3) is 0.125. The maximum Gasteiger partial charge on any atom is 0.307 e. The van der Waals surface area contributed by atoms with Gasteiger partial charge in [0.15, 0.2) is 5.75 Å². The second-order valence-corrected chi connectivity index (χ2v) is 2.30. The number of aliphatic carboxylic acids is 1. The van der Waals surface area contributed by atoms with E-state index >= 15 is 0 Å². The summed E-state index contributed by atoms with van der Waals surface area (Å²) in [4.78, 5) is 13.7. The van der Waals surface area contributed by atoms with E-state index in [0.717, 1.165) is 0 Å². The van der Waals surface area contributed by atoms with E-state index < -0.39 is 5.97 Å². The van der Waals surface area contributed by atoms with Crippen molar-refractivity contribution >= 4 is 5.97 Å². The molecular weight excluding hydrogens is 163 g/mol. The maximum absolute atomic E-state index is 11.6. The van der Waals surface area contributed by atoms with E-state index in [0.29, 0.717) is 5.56 Å². The number of halogens is 1. The minimum atomic E-state index is -0.953. The Morgan fingerprint density at radius 3 is 2.92 bits per heavy atom. The van der Waals surface area contributed by atoms with E-state index in [4.69, 9.17) is 5.11 Å². The first-order valence-corrected chi connectivity index (χ1v) is 3.31. The van der Waals surface area contributed by atoms with Crippen LogP contribution in [0.4, 0.5) is 4.53 Å². The van der Waals surface area contributed by atoms with Crippen molar-refractivity contribution in [3.8, 4) is 5.75 Å². The van der Waals surface area contributed by atoms with Gasteiger partial charge in [0.25, 0.3) is 0 Å². The van der Waals surface area contributed by atoms with E-state index in [9.17, 15) is 9.32 Å². The zero-order chi connectivity index (χ0) is 8.97. The van der Waals surface area contributed by atoms with Crippen molar-refractivity contribution < 1.29 is 19.4 Å². The molecule has 0 saturated carbocycles. The van der Waals surface area contributed by atoms with Crippen LogP contribution >= 0.6 is 0 Å². The Labute approximate surface area is 68.3 Å². The second kappa shape index (κ2) is 3.71. The molecule has 0 amide bonds. The molecule has 0 heterocycles. The lowest BCUT2D eigenvalue weighted by Crippen LogP contribution is -1.99. The largest absolute Gasteiger partial charge is 0.481 e. The summed E-state index contributed by atoms with van der Waals surface area (Å²) < 4.78 is 11.6. The van der Waals surface area contributed by atoms with E-state index in [1.54, 1.807) is 6.07 Å². The Morgan fingerprint density at radius 1 is 1.58 bits per heavy atom. The topological polar surface area (TPSA) is 46.5 Å². The molecule has 0 fully saturated rings. The second-order valence-electron chi connectivity index (χ2n) is 2.30. The van der Waals surface area contributed by atoms with Crippen molar-refractivity contribution in [1.29, 1.82) is 0 Å². The number of benzene rings is 1. The molecule has 0 spiro atoms. The number of rotatable bonds is 3. The van der Waals surface area contributed by atoms with Crippen LogP contribution in [0.1, 0.15) is 5.56 Å². The van der Waals surface area contributed by atoms with E-state index in [-0.39, 0.29) is 12.2 Å². The summed E-state index contributed by atoms with van der Waals surface area (Å²) in [6, 6.07) is 5.88. The van der Waals surface area contributed by atoms with Crippen LogP contribution < -0.4 is 4.94 Å². The van der Waals surface area contributed by atoms with Crippen molar-refractivity contribution in [3.05, 3.63) is 29.8 Å². The van der Waals surface area contributed by atoms with Crippen LogP contribution in [0.15, 0.2) is 24.3 Å². The molecule has 1 aromatic carbocycles. The third-order valence-electron chi connectivity index (χ3n) is 1.34. The molecule has 64 valence electrons. The molecule has 4 heteroatoms. The van der Waals surface area contributed by atoms with E-state index in [2.05, 4.69) is 4.94 Å². The van der Waals surface area contributed by atoms with Crippen LogP contribution in [0.25, 0.3) is 0 Å². The summed E-state index contributed by atoms with van der Waals surface area (Å²) in [6.07, 6.45) is -0.128. The molecule has 1 aromatic rings. The molecule has 1 rings (SSSR count). The van der Waals surface area contributed by atoms with Crippen LogP contribution in [0, 0.1) is 0 Å². The molecule has 0 aliphatic carbocycles. The molecular formula is C8H7FO3. The van der Waals surface area contributed by atoms with Crippen molar-refractivity contribution in [2.75, 3.05) is 0 Å². The average molecular weight is 170 g/mol. The van der Waals surface area contributed by atoms with Gasteiger partial charge in [0.2, 0.25) is 0 Å². The number of hydrogen-bond acceptors (Lipinski definition) is 2. The Morgan fingerprint density at radius 2 is 2.33 bits per heavy atom. The monoisotopic (exact) mass is 170 g/mol. The van der Waals surface area contributed by atoms with Crippen molar-refractivity contribution in [3.63, 3.8) is 0 Å². The smallest absolute Gasteiger partial charge is 0.307 e. The standard InChI is InChI=1S/C8H7FO3/c9-12-7-3-1-2-6(4-7)5-8(10)11/h1-4H,5H2,(H,10,11). The minimum absolute atomic E-state index is 0.0220. The summed E-state index contributed by atoms with van der Waals surface area (Å²) >= 11 is 0. The van der Waals surface area contributed by atoms with Gasteiger partial charge in [-0.05, 0) is 17.7 Å². The average Bonchev–Trinajstić information content (AvgIpc) is 2.03. The van der Waals surface area contributed by atoms with Crippen LogP contribution in [-0.4, -0.2) is 11.1 Å². The van der Waals surface area contributed by atoms with Crippen LogP contribution in [0.5, 0.6) is 5.75 Å². The first kappa shape index (κ1) is 8.52. The third kappa shape index (κ3) is 2.23. The zero-order valence-corrected chi connectivity index (χ0v) is 6.16. The number of hydrogen-bond donors (Lipinski definition) is 1. The fourth-order valence-electron chi connectivity index (χ4n) is 0.878. The lowest BCUT2D eigenvalue weighted by atomic mass is 10.1. The predicted octanol–water partition coefficient (Wildman–Crippen LogP) is 1.58. The summed E-state index contributed by atoms with van der Waals surface area (Å²) in [5, 5.41) is 8.40. The number of carboxylic acid groups (broad SMARTS) is 1. The van der Waals surface area contributed by atoms with Crippen LogP contribution in [-0.2, 0) is 11.2 Å². The number of carbonyl (C=O) groups is 1. The molecule has 0 radical (unpaired) electrons. The highest BCUT2D eigenvalue weighted by molar-refractivity contribution is 5.70. The first-order valence-electron chi connectivity index (χ1n) is 3.31. The van der Waals surface area contributed by atoms with E-state index in [1.807, 2.05) is 0 Å². The van der Waals surface area contributed by atoms with Gasteiger partial charge in [-0.2, -0.15) is 0 Å². The van der Waals surface area contributed by atoms with Gasteiger partial charge in [0.05, 0.1) is 6.42 Å². The Bertz CT molecular complexity index is 285. The predicted molar refractivity (Wildman–Crippen MR) is 39.5 cm³/mol. The van der Waals surface area contributed by atoms with Crippen LogP contribution in [0.2, 0.25) is 0 Å². The lowest BCUT2D eigenvalue weighted by molar-refractivity contribution is -0.136. The number of carboxylic acids is 1. The lowest BCUT2D eigenvalue weighted by Gasteiger charge is -1.97. The highest BCUT2D eigenvalue weighted by atomic mass is 19.3. The zero-order valence-electron chi connectivity index (χ0n) is 6.16. The molecule has 0 aliphatic rings. The van der Waals surface area contributed by atoms with E-state index in [1.165, 1.54) is 18.2 Å². The molecule has 0 atom stereocenters. The summed E-state index contributed by atoms with van der Waals surface area (Å²) in [5.74, 6) is -0.931. The van der Waals surface area contributed by atoms with Gasteiger partial charge < -0.3 is 5.11 Å².